The van der Waals surface area contributed by atoms with Crippen molar-refractivity contribution < 1.29 is 32.6 Å². The molecule has 0 aromatic heterocycles. The largest absolute Gasteiger partial charge is 0.467 e. The number of hydrogen-bond acceptors (Lipinski definition) is 5. The van der Waals surface area contributed by atoms with Gasteiger partial charge in [-0.1, -0.05) is 30.3 Å². The number of carbonyl (C=O) groups excluding carboxylic acids is 3. The summed E-state index contributed by atoms with van der Waals surface area (Å²) < 4.78 is 36.2. The van der Waals surface area contributed by atoms with Crippen LogP contribution in [-0.4, -0.2) is 42.5 Å². The number of methoxy groups -OCH3 is 2. The van der Waals surface area contributed by atoms with Gasteiger partial charge in [0.15, 0.2) is 0 Å². The molecule has 2 rings (SSSR count). The highest BCUT2D eigenvalue weighted by Gasteiger charge is 2.58. The minimum atomic E-state index is -2.38. The van der Waals surface area contributed by atoms with Gasteiger partial charge in [-0.2, -0.15) is 8.78 Å². The van der Waals surface area contributed by atoms with E-state index in [1.165, 1.54) is 0 Å². The highest BCUT2D eigenvalue weighted by Crippen LogP contribution is 2.41. The van der Waals surface area contributed by atoms with Crippen LogP contribution in [0.2, 0.25) is 0 Å². The number of rotatable bonds is 3. The quantitative estimate of drug-likeness (QED) is 0.608. The lowest BCUT2D eigenvalue weighted by Crippen LogP contribution is -2.63. The van der Waals surface area contributed by atoms with Crippen molar-refractivity contribution >= 4 is 23.5 Å². The van der Waals surface area contributed by atoms with Gasteiger partial charge < -0.3 is 9.47 Å². The van der Waals surface area contributed by atoms with Crippen molar-refractivity contribution in [1.82, 2.24) is 4.90 Å². The van der Waals surface area contributed by atoms with Crippen LogP contribution < -0.4 is 0 Å². The second-order valence-electron chi connectivity index (χ2n) is 5.56. The number of amides is 1. The molecular weight excluding hydrogens is 348 g/mol. The van der Waals surface area contributed by atoms with Gasteiger partial charge >= 0.3 is 11.9 Å². The molecule has 1 aliphatic heterocycles. The fourth-order valence-corrected chi connectivity index (χ4v) is 2.97. The average molecular weight is 365 g/mol. The molecule has 1 aromatic rings. The van der Waals surface area contributed by atoms with Crippen molar-refractivity contribution in [3.05, 3.63) is 53.6 Å². The normalized spacial score (nSPS) is 15.8. The Hall–Kier alpha value is -3.03. The summed E-state index contributed by atoms with van der Waals surface area (Å²) in [6.45, 7) is 1.12. The minimum Gasteiger partial charge on any atom is -0.467 e. The van der Waals surface area contributed by atoms with E-state index in [-0.39, 0.29) is 5.70 Å². The summed E-state index contributed by atoms with van der Waals surface area (Å²) in [6, 6.07) is 8.11. The first-order chi connectivity index (χ1) is 12.3. The van der Waals surface area contributed by atoms with Crippen LogP contribution in [0, 0.1) is 0 Å². The zero-order chi connectivity index (χ0) is 19.5. The third kappa shape index (κ3) is 3.10. The number of allylic oxidation sites excluding steroid dienone is 1. The second kappa shape index (κ2) is 7.47. The van der Waals surface area contributed by atoms with Crippen LogP contribution >= 0.6 is 0 Å². The highest BCUT2D eigenvalue weighted by molar-refractivity contribution is 6.11. The Bertz CT molecular complexity index is 781. The molecule has 0 bridgehead atoms. The Morgan fingerprint density at radius 2 is 1.58 bits per heavy atom. The molecule has 0 aliphatic carbocycles. The Morgan fingerprint density at radius 1 is 1.04 bits per heavy atom. The molecule has 138 valence electrons. The molecule has 26 heavy (non-hydrogen) atoms. The molecule has 1 aromatic carbocycles. The third-order valence-corrected chi connectivity index (χ3v) is 4.05. The van der Waals surface area contributed by atoms with E-state index in [0.717, 1.165) is 32.1 Å². The number of carbonyl (C=O) groups is 3. The molecule has 0 radical (unpaired) electrons. The predicted molar refractivity (Wildman–Crippen MR) is 87.6 cm³/mol. The van der Waals surface area contributed by atoms with Crippen molar-refractivity contribution in [1.29, 1.82) is 0 Å². The van der Waals surface area contributed by atoms with Gasteiger partial charge in [-0.15, -0.1) is 0 Å². The standard InChI is InChI=1S/C18H17F2NO5/c1-11(22)21-14(12-7-5-4-6-8-12)9-13(15(19)20)10-18(21,16(23)25-2)17(24)26-3/h4-9H,10H2,1-3H3. The number of esters is 2. The van der Waals surface area contributed by atoms with E-state index in [4.69, 9.17) is 0 Å². The maximum absolute atomic E-state index is 13.4. The van der Waals surface area contributed by atoms with E-state index >= 15 is 0 Å². The first kappa shape index (κ1) is 19.3. The summed E-state index contributed by atoms with van der Waals surface area (Å²) in [5, 5.41) is 0. The van der Waals surface area contributed by atoms with Crippen LogP contribution in [0.5, 0.6) is 0 Å². The molecule has 0 spiro atoms. The average Bonchev–Trinajstić information content (AvgIpc) is 2.65. The molecular formula is C18H17F2NO5. The SMILES string of the molecule is COC(=O)C1(C(=O)OC)CC(=C(F)F)C=C(c2ccccc2)N1C(C)=O. The lowest BCUT2D eigenvalue weighted by Gasteiger charge is -2.42. The number of benzene rings is 1. The van der Waals surface area contributed by atoms with Crippen molar-refractivity contribution in [2.75, 3.05) is 14.2 Å². The maximum atomic E-state index is 13.4. The summed E-state index contributed by atoms with van der Waals surface area (Å²) >= 11 is 0. The zero-order valence-electron chi connectivity index (χ0n) is 14.4. The van der Waals surface area contributed by atoms with Crippen LogP contribution in [-0.2, 0) is 23.9 Å². The van der Waals surface area contributed by atoms with Gasteiger partial charge in [-0.25, -0.2) is 9.59 Å². The summed E-state index contributed by atoms with van der Waals surface area (Å²) in [7, 11) is 2.00. The van der Waals surface area contributed by atoms with E-state index in [1.54, 1.807) is 30.3 Å². The number of nitrogens with zero attached hydrogens (tertiary/aromatic N) is 1. The fourth-order valence-electron chi connectivity index (χ4n) is 2.97. The van der Waals surface area contributed by atoms with Gasteiger partial charge in [0.05, 0.1) is 19.9 Å². The topological polar surface area (TPSA) is 72.9 Å². The molecule has 1 amide bonds. The van der Waals surface area contributed by atoms with Crippen molar-refractivity contribution in [2.24, 2.45) is 0 Å². The van der Waals surface area contributed by atoms with Crippen LogP contribution in [0.4, 0.5) is 8.78 Å². The van der Waals surface area contributed by atoms with Gasteiger partial charge in [0.1, 0.15) is 0 Å². The van der Waals surface area contributed by atoms with Crippen LogP contribution in [0.3, 0.4) is 0 Å². The summed E-state index contributed by atoms with van der Waals surface area (Å²) in [5.41, 5.74) is -2.59. The van der Waals surface area contributed by atoms with Gasteiger partial charge in [0, 0.05) is 18.9 Å². The van der Waals surface area contributed by atoms with Gasteiger partial charge in [0.25, 0.3) is 6.08 Å². The number of hydrogen-bond donors (Lipinski definition) is 0. The first-order valence-electron chi connectivity index (χ1n) is 7.58. The van der Waals surface area contributed by atoms with Crippen molar-refractivity contribution in [2.45, 2.75) is 18.9 Å². The molecule has 0 saturated heterocycles. The highest BCUT2D eigenvalue weighted by atomic mass is 19.3. The van der Waals surface area contributed by atoms with Crippen molar-refractivity contribution in [3.63, 3.8) is 0 Å². The molecule has 1 aliphatic rings. The van der Waals surface area contributed by atoms with Gasteiger partial charge in [0.2, 0.25) is 11.4 Å². The van der Waals surface area contributed by atoms with Gasteiger partial charge in [-0.3, -0.25) is 9.69 Å². The van der Waals surface area contributed by atoms with E-state index < -0.39 is 41.5 Å². The monoisotopic (exact) mass is 365 g/mol. The lowest BCUT2D eigenvalue weighted by atomic mass is 9.83. The Morgan fingerprint density at radius 3 is 2.00 bits per heavy atom. The smallest absolute Gasteiger partial charge is 0.344 e. The summed E-state index contributed by atoms with van der Waals surface area (Å²) in [5.74, 6) is -3.03. The van der Waals surface area contributed by atoms with Crippen LogP contribution in [0.25, 0.3) is 5.70 Å². The van der Waals surface area contributed by atoms with Crippen LogP contribution in [0.1, 0.15) is 18.9 Å². The number of ether oxygens (including phenoxy) is 2. The molecule has 0 saturated carbocycles. The molecule has 8 heteroatoms. The molecule has 0 unspecified atom stereocenters. The van der Waals surface area contributed by atoms with Crippen molar-refractivity contribution in [3.8, 4) is 0 Å². The van der Waals surface area contributed by atoms with E-state index in [2.05, 4.69) is 9.47 Å². The maximum Gasteiger partial charge on any atom is 0.344 e. The Balaban J connectivity index is 2.86. The lowest BCUT2D eigenvalue weighted by molar-refractivity contribution is -0.173. The Labute approximate surface area is 148 Å². The molecule has 6 nitrogen and oxygen atoms in total. The fraction of sp³-hybridized carbons (Fsp3) is 0.278. The Kier molecular flexibility index (Phi) is 5.54. The molecule has 0 atom stereocenters. The van der Waals surface area contributed by atoms with E-state index in [0.29, 0.717) is 5.56 Å². The molecule has 1 heterocycles. The predicted octanol–water partition coefficient (Wildman–Crippen LogP) is 2.52. The summed E-state index contributed by atoms with van der Waals surface area (Å²) in [6.07, 6.45) is -1.75. The van der Waals surface area contributed by atoms with Gasteiger partial charge in [-0.05, 0) is 11.6 Å². The third-order valence-electron chi connectivity index (χ3n) is 4.05. The van der Waals surface area contributed by atoms with E-state index in [9.17, 15) is 23.2 Å². The second-order valence-corrected chi connectivity index (χ2v) is 5.56. The zero-order valence-corrected chi connectivity index (χ0v) is 14.4. The summed E-state index contributed by atoms with van der Waals surface area (Å²) in [4.78, 5) is 38.3. The first-order valence-corrected chi connectivity index (χ1v) is 7.58. The van der Waals surface area contributed by atoms with E-state index in [1.807, 2.05) is 0 Å². The molecule has 0 N–H and O–H groups in total. The number of halogens is 2. The minimum absolute atomic E-state index is 0.0250. The van der Waals surface area contributed by atoms with Crippen LogP contribution in [0.15, 0.2) is 48.1 Å². The molecule has 0 fully saturated rings.